The van der Waals surface area contributed by atoms with Crippen LogP contribution >= 0.6 is 0 Å². The number of hydrogen-bond donors (Lipinski definition) is 0. The fourth-order valence-electron chi connectivity index (χ4n) is 7.57. The van der Waals surface area contributed by atoms with Crippen LogP contribution in [0.3, 0.4) is 0 Å². The van der Waals surface area contributed by atoms with Crippen LogP contribution in [0.15, 0.2) is 182 Å². The summed E-state index contributed by atoms with van der Waals surface area (Å²) < 4.78 is 4.76. The number of nitrogens with zero attached hydrogens (tertiary/aromatic N) is 4. The summed E-state index contributed by atoms with van der Waals surface area (Å²) in [6, 6.07) is 64.2. The van der Waals surface area contributed by atoms with Crippen LogP contribution in [0.2, 0.25) is 0 Å². The van der Waals surface area contributed by atoms with E-state index < -0.39 is 0 Å². The highest BCUT2D eigenvalue weighted by Gasteiger charge is 2.16. The highest BCUT2D eigenvalue weighted by atomic mass is 15.0. The minimum absolute atomic E-state index is 0.671. The zero-order valence-corrected chi connectivity index (χ0v) is 28.3. The highest BCUT2D eigenvalue weighted by molar-refractivity contribution is 6.11. The first-order chi connectivity index (χ1) is 25.8. The molecule has 0 fully saturated rings. The van der Waals surface area contributed by atoms with E-state index in [1.165, 1.54) is 38.1 Å². The molecule has 0 unspecified atom stereocenters. The fourth-order valence-corrected chi connectivity index (χ4v) is 7.57. The van der Waals surface area contributed by atoms with Gasteiger partial charge >= 0.3 is 0 Å². The first-order valence-electron chi connectivity index (χ1n) is 17.6. The van der Waals surface area contributed by atoms with Crippen molar-refractivity contribution >= 4 is 55.8 Å². The molecule has 0 amide bonds. The van der Waals surface area contributed by atoms with Gasteiger partial charge in [0.25, 0.3) is 0 Å². The zero-order valence-electron chi connectivity index (χ0n) is 28.3. The van der Waals surface area contributed by atoms with Crippen LogP contribution in [-0.2, 0) is 0 Å². The number of para-hydroxylation sites is 3. The van der Waals surface area contributed by atoms with Gasteiger partial charge in [-0.2, -0.15) is 0 Å². The van der Waals surface area contributed by atoms with Crippen LogP contribution in [0.4, 0.5) is 0 Å². The van der Waals surface area contributed by atoms with Gasteiger partial charge in [0, 0.05) is 44.0 Å². The van der Waals surface area contributed by atoms with Crippen molar-refractivity contribution in [3.8, 4) is 33.9 Å². The van der Waals surface area contributed by atoms with Crippen molar-refractivity contribution in [3.63, 3.8) is 0 Å². The molecule has 0 N–H and O–H groups in total. The Morgan fingerprint density at radius 2 is 0.808 bits per heavy atom. The Balaban J connectivity index is 1.08. The average molecular weight is 665 g/mol. The van der Waals surface area contributed by atoms with Crippen molar-refractivity contribution in [1.29, 1.82) is 0 Å². The van der Waals surface area contributed by atoms with Crippen LogP contribution in [0.5, 0.6) is 0 Å². The molecule has 3 aromatic heterocycles. The average Bonchev–Trinajstić information content (AvgIpc) is 3.73. The Morgan fingerprint density at radius 3 is 1.35 bits per heavy atom. The van der Waals surface area contributed by atoms with Gasteiger partial charge in [0.15, 0.2) is 5.82 Å². The van der Waals surface area contributed by atoms with E-state index in [1.807, 2.05) is 42.5 Å². The van der Waals surface area contributed by atoms with Crippen molar-refractivity contribution < 1.29 is 0 Å². The van der Waals surface area contributed by atoms with E-state index in [-0.39, 0.29) is 0 Å². The number of rotatable bonds is 6. The van der Waals surface area contributed by atoms with E-state index in [0.29, 0.717) is 5.82 Å². The molecule has 0 radical (unpaired) electrons. The second-order valence-corrected chi connectivity index (χ2v) is 13.1. The quantitative estimate of drug-likeness (QED) is 0.177. The van der Waals surface area contributed by atoms with Crippen molar-refractivity contribution in [2.24, 2.45) is 0 Å². The molecule has 0 aliphatic heterocycles. The third-order valence-electron chi connectivity index (χ3n) is 9.93. The van der Waals surface area contributed by atoms with Gasteiger partial charge in [-0.3, -0.25) is 0 Å². The molecule has 0 bridgehead atoms. The van der Waals surface area contributed by atoms with Crippen molar-refractivity contribution in [2.75, 3.05) is 0 Å². The molecule has 10 rings (SSSR count). The monoisotopic (exact) mass is 664 g/mol. The lowest BCUT2D eigenvalue weighted by Crippen LogP contribution is -1.98. The number of hydrogen-bond acceptors (Lipinski definition) is 2. The Morgan fingerprint density at radius 1 is 0.346 bits per heavy atom. The summed E-state index contributed by atoms with van der Waals surface area (Å²) in [7, 11) is 0. The third-order valence-corrected chi connectivity index (χ3v) is 9.93. The maximum Gasteiger partial charge on any atom is 0.153 e. The normalized spacial score (nSPS) is 11.8. The second kappa shape index (κ2) is 12.4. The third kappa shape index (κ3) is 5.09. The van der Waals surface area contributed by atoms with E-state index in [1.54, 1.807) is 0 Å². The molecule has 0 spiro atoms. The van der Waals surface area contributed by atoms with Crippen molar-refractivity contribution in [2.45, 2.75) is 0 Å². The van der Waals surface area contributed by atoms with Gasteiger partial charge in [-0.15, -0.1) is 0 Å². The van der Waals surface area contributed by atoms with E-state index in [9.17, 15) is 0 Å². The maximum absolute atomic E-state index is 4.96. The summed E-state index contributed by atoms with van der Waals surface area (Å²) >= 11 is 0. The van der Waals surface area contributed by atoms with Gasteiger partial charge < -0.3 is 9.13 Å². The Labute approximate surface area is 301 Å². The summed E-state index contributed by atoms with van der Waals surface area (Å²) in [5, 5.41) is 4.93. The molecule has 3 heterocycles. The zero-order chi connectivity index (χ0) is 34.4. The molecular formula is C48H32N4. The Bertz CT molecular complexity index is 2840. The second-order valence-electron chi connectivity index (χ2n) is 13.1. The van der Waals surface area contributed by atoms with Crippen LogP contribution < -0.4 is 0 Å². The van der Waals surface area contributed by atoms with Gasteiger partial charge in [0.2, 0.25) is 0 Å². The fraction of sp³-hybridized carbons (Fsp3) is 0. The summed E-state index contributed by atoms with van der Waals surface area (Å²) in [5.41, 5.74) is 12.0. The van der Waals surface area contributed by atoms with E-state index in [0.717, 1.165) is 45.0 Å². The van der Waals surface area contributed by atoms with Gasteiger partial charge in [0.1, 0.15) is 0 Å². The molecule has 0 aliphatic rings. The minimum atomic E-state index is 0.671. The van der Waals surface area contributed by atoms with Crippen LogP contribution in [0.1, 0.15) is 11.4 Å². The number of benzene rings is 7. The molecule has 10 aromatic rings. The minimum Gasteiger partial charge on any atom is -0.309 e. The Hall–Kier alpha value is -7.04. The van der Waals surface area contributed by atoms with Crippen LogP contribution in [0, 0.1) is 0 Å². The molecule has 0 atom stereocenters. The molecule has 7 aromatic carbocycles. The maximum atomic E-state index is 4.96. The first-order valence-corrected chi connectivity index (χ1v) is 17.6. The molecule has 0 aliphatic carbocycles. The van der Waals surface area contributed by atoms with Crippen molar-refractivity contribution in [3.05, 3.63) is 193 Å². The van der Waals surface area contributed by atoms with E-state index >= 15 is 0 Å². The standard InChI is InChI=1S/C48H32N4/c1-3-14-34(15-4-1)42-32-43(35-16-5-2-6-17-35)50-48(49-42)29-27-33-26-28-47-41(30-33)40-22-9-12-25-46(40)52(47)37-19-13-18-36(31-37)51-44-23-10-7-20-38(44)39-21-8-11-24-45(39)51/h1-32H/b29-27+. The van der Waals surface area contributed by atoms with Crippen LogP contribution in [0.25, 0.3) is 89.7 Å². The SMILES string of the molecule is C(=C\c1nc(-c2ccccc2)cc(-c2ccccc2)n1)/c1ccc2c(c1)c1ccccc1n2-c1cccc(-n2c3ccccc3c3ccccc32)c1. The lowest BCUT2D eigenvalue weighted by Gasteiger charge is -2.13. The number of fused-ring (bicyclic) bond motifs is 6. The van der Waals surface area contributed by atoms with Crippen LogP contribution in [-0.4, -0.2) is 19.1 Å². The lowest BCUT2D eigenvalue weighted by atomic mass is 10.1. The molecule has 52 heavy (non-hydrogen) atoms. The summed E-state index contributed by atoms with van der Waals surface area (Å²) in [6.07, 6.45) is 4.14. The molecular weight excluding hydrogens is 633 g/mol. The molecule has 0 saturated carbocycles. The highest BCUT2D eigenvalue weighted by Crippen LogP contribution is 2.36. The smallest absolute Gasteiger partial charge is 0.153 e. The predicted octanol–water partition coefficient (Wildman–Crippen LogP) is 12.2. The van der Waals surface area contributed by atoms with E-state index in [2.05, 4.69) is 161 Å². The van der Waals surface area contributed by atoms with Gasteiger partial charge in [-0.25, -0.2) is 9.97 Å². The van der Waals surface area contributed by atoms with Gasteiger partial charge in [0.05, 0.1) is 33.5 Å². The summed E-state index contributed by atoms with van der Waals surface area (Å²) in [4.78, 5) is 9.93. The van der Waals surface area contributed by atoms with Crippen molar-refractivity contribution in [1.82, 2.24) is 19.1 Å². The summed E-state index contributed by atoms with van der Waals surface area (Å²) in [6.45, 7) is 0. The molecule has 0 saturated heterocycles. The van der Waals surface area contributed by atoms with Gasteiger partial charge in [-0.1, -0.05) is 133 Å². The number of aromatic nitrogens is 4. The topological polar surface area (TPSA) is 35.6 Å². The van der Waals surface area contributed by atoms with E-state index in [4.69, 9.17) is 9.97 Å². The lowest BCUT2D eigenvalue weighted by molar-refractivity contribution is 1.13. The summed E-state index contributed by atoms with van der Waals surface area (Å²) in [5.74, 6) is 0.671. The predicted molar refractivity (Wildman–Crippen MR) is 217 cm³/mol. The molecule has 244 valence electrons. The Kier molecular flexibility index (Phi) is 7.10. The van der Waals surface area contributed by atoms with Gasteiger partial charge in [-0.05, 0) is 66.2 Å². The largest absolute Gasteiger partial charge is 0.309 e. The first kappa shape index (κ1) is 29.8. The molecule has 4 heteroatoms. The molecule has 4 nitrogen and oxygen atoms in total.